The summed E-state index contributed by atoms with van der Waals surface area (Å²) in [6, 6.07) is 19.4. The van der Waals surface area contributed by atoms with Gasteiger partial charge in [0.25, 0.3) is 5.91 Å². The van der Waals surface area contributed by atoms with Gasteiger partial charge in [-0.1, -0.05) is 42.5 Å². The molecule has 0 aliphatic heterocycles. The molecule has 2 aromatic carbocycles. The summed E-state index contributed by atoms with van der Waals surface area (Å²) >= 11 is 1.47. The van der Waals surface area contributed by atoms with Crippen molar-refractivity contribution < 1.29 is 14.3 Å². The number of carbonyl (C=O) groups excluding carboxylic acids is 2. The van der Waals surface area contributed by atoms with Gasteiger partial charge in [-0.3, -0.25) is 9.59 Å². The normalized spacial score (nSPS) is 10.3. The van der Waals surface area contributed by atoms with Crippen LogP contribution in [0, 0.1) is 0 Å². The second-order valence-electron chi connectivity index (χ2n) is 6.21. The van der Waals surface area contributed by atoms with Crippen LogP contribution in [0.2, 0.25) is 0 Å². The van der Waals surface area contributed by atoms with Crippen molar-refractivity contribution in [1.82, 2.24) is 10.6 Å². The third kappa shape index (κ3) is 6.25. The van der Waals surface area contributed by atoms with Gasteiger partial charge in [-0.25, -0.2) is 0 Å². The number of amides is 2. The Morgan fingerprint density at radius 1 is 0.893 bits per heavy atom. The van der Waals surface area contributed by atoms with Crippen molar-refractivity contribution in [1.29, 1.82) is 0 Å². The molecule has 0 bridgehead atoms. The number of carbonyl (C=O) groups is 2. The molecule has 5 nitrogen and oxygen atoms in total. The molecule has 0 atom stereocenters. The standard InChI is InChI=1S/C22H22N2O3S/c25-21(10-12-23-22(26)19-11-13-28-16-19)24-14-17-6-8-18(9-7-17)15-27-20-4-2-1-3-5-20/h1-9,11,13,16H,10,12,14-15H2,(H,23,26)(H,24,25). The molecule has 0 aliphatic carbocycles. The first-order chi connectivity index (χ1) is 13.7. The van der Waals surface area contributed by atoms with Crippen LogP contribution in [-0.2, 0) is 17.9 Å². The number of benzene rings is 2. The highest BCUT2D eigenvalue weighted by molar-refractivity contribution is 7.08. The highest BCUT2D eigenvalue weighted by Crippen LogP contribution is 2.12. The van der Waals surface area contributed by atoms with E-state index >= 15 is 0 Å². The van der Waals surface area contributed by atoms with E-state index in [2.05, 4.69) is 10.6 Å². The van der Waals surface area contributed by atoms with E-state index in [4.69, 9.17) is 4.74 Å². The Balaban J connectivity index is 1.35. The molecule has 0 spiro atoms. The van der Waals surface area contributed by atoms with E-state index in [0.29, 0.717) is 25.3 Å². The number of thiophene rings is 1. The van der Waals surface area contributed by atoms with Gasteiger partial charge in [0.2, 0.25) is 5.91 Å². The minimum Gasteiger partial charge on any atom is -0.489 e. The average Bonchev–Trinajstić information content (AvgIpc) is 3.27. The smallest absolute Gasteiger partial charge is 0.252 e. The Morgan fingerprint density at radius 3 is 2.36 bits per heavy atom. The van der Waals surface area contributed by atoms with Gasteiger partial charge in [0, 0.05) is 30.5 Å². The molecule has 0 unspecified atom stereocenters. The second-order valence-corrected chi connectivity index (χ2v) is 6.99. The molecule has 1 heterocycles. The van der Waals surface area contributed by atoms with Crippen molar-refractivity contribution >= 4 is 23.2 Å². The molecule has 0 radical (unpaired) electrons. The van der Waals surface area contributed by atoms with Gasteiger partial charge in [0.05, 0.1) is 0 Å². The van der Waals surface area contributed by atoms with Gasteiger partial charge in [0.15, 0.2) is 0 Å². The maximum absolute atomic E-state index is 11.9. The van der Waals surface area contributed by atoms with Crippen LogP contribution < -0.4 is 15.4 Å². The van der Waals surface area contributed by atoms with Crippen LogP contribution in [0.25, 0.3) is 0 Å². The van der Waals surface area contributed by atoms with E-state index in [-0.39, 0.29) is 18.2 Å². The number of ether oxygens (including phenoxy) is 1. The molecule has 28 heavy (non-hydrogen) atoms. The fourth-order valence-corrected chi connectivity index (χ4v) is 3.15. The lowest BCUT2D eigenvalue weighted by Crippen LogP contribution is -2.30. The van der Waals surface area contributed by atoms with Crippen LogP contribution >= 0.6 is 11.3 Å². The predicted molar refractivity (Wildman–Crippen MR) is 110 cm³/mol. The Hall–Kier alpha value is -3.12. The molecule has 2 N–H and O–H groups in total. The Labute approximate surface area is 168 Å². The maximum Gasteiger partial charge on any atom is 0.252 e. The molecule has 0 aliphatic rings. The van der Waals surface area contributed by atoms with E-state index in [1.165, 1.54) is 11.3 Å². The number of hydrogen-bond acceptors (Lipinski definition) is 4. The summed E-state index contributed by atoms with van der Waals surface area (Å²) < 4.78 is 5.72. The molecular formula is C22H22N2O3S. The van der Waals surface area contributed by atoms with Crippen molar-refractivity contribution in [3.05, 3.63) is 88.1 Å². The molecular weight excluding hydrogens is 372 g/mol. The third-order valence-electron chi connectivity index (χ3n) is 4.08. The first-order valence-electron chi connectivity index (χ1n) is 9.03. The Morgan fingerprint density at radius 2 is 1.64 bits per heavy atom. The largest absolute Gasteiger partial charge is 0.489 e. The SMILES string of the molecule is O=C(CCNC(=O)c1ccsc1)NCc1ccc(COc2ccccc2)cc1. The van der Waals surface area contributed by atoms with Crippen LogP contribution in [0.15, 0.2) is 71.4 Å². The van der Waals surface area contributed by atoms with Gasteiger partial charge in [-0.05, 0) is 34.7 Å². The first-order valence-corrected chi connectivity index (χ1v) is 9.98. The maximum atomic E-state index is 11.9. The lowest BCUT2D eigenvalue weighted by Gasteiger charge is -2.08. The highest BCUT2D eigenvalue weighted by atomic mass is 32.1. The molecule has 6 heteroatoms. The van der Waals surface area contributed by atoms with E-state index < -0.39 is 0 Å². The molecule has 0 saturated heterocycles. The van der Waals surface area contributed by atoms with Crippen LogP contribution in [0.1, 0.15) is 27.9 Å². The molecule has 3 rings (SSSR count). The van der Waals surface area contributed by atoms with E-state index in [1.807, 2.05) is 60.0 Å². The summed E-state index contributed by atoms with van der Waals surface area (Å²) in [5, 5.41) is 9.24. The summed E-state index contributed by atoms with van der Waals surface area (Å²) in [5.41, 5.74) is 2.70. The number of rotatable bonds is 9. The van der Waals surface area contributed by atoms with Gasteiger partial charge < -0.3 is 15.4 Å². The Bertz CT molecular complexity index is 878. The van der Waals surface area contributed by atoms with Crippen molar-refractivity contribution in [2.75, 3.05) is 6.54 Å². The summed E-state index contributed by atoms with van der Waals surface area (Å²) in [6.07, 6.45) is 0.249. The van der Waals surface area contributed by atoms with Crippen molar-refractivity contribution in [3.63, 3.8) is 0 Å². The van der Waals surface area contributed by atoms with Gasteiger partial charge in [0.1, 0.15) is 12.4 Å². The van der Waals surface area contributed by atoms with Crippen LogP contribution in [0.4, 0.5) is 0 Å². The molecule has 1 aromatic heterocycles. The van der Waals surface area contributed by atoms with Crippen molar-refractivity contribution in [2.45, 2.75) is 19.6 Å². The van der Waals surface area contributed by atoms with Crippen LogP contribution in [0.3, 0.4) is 0 Å². The molecule has 0 fully saturated rings. The fourth-order valence-electron chi connectivity index (χ4n) is 2.51. The monoisotopic (exact) mass is 394 g/mol. The first kappa shape index (κ1) is 19.6. The van der Waals surface area contributed by atoms with E-state index in [0.717, 1.165) is 16.9 Å². The Kier molecular flexibility index (Phi) is 7.21. The quantitative estimate of drug-likeness (QED) is 0.581. The second kappa shape index (κ2) is 10.3. The number of hydrogen-bond donors (Lipinski definition) is 2. The lowest BCUT2D eigenvalue weighted by atomic mass is 10.1. The zero-order valence-corrected chi connectivity index (χ0v) is 16.2. The molecule has 144 valence electrons. The summed E-state index contributed by atoms with van der Waals surface area (Å²) in [5.74, 6) is 0.592. The van der Waals surface area contributed by atoms with Gasteiger partial charge in [-0.2, -0.15) is 11.3 Å². The van der Waals surface area contributed by atoms with E-state index in [1.54, 1.807) is 11.4 Å². The minimum absolute atomic E-state index is 0.0953. The van der Waals surface area contributed by atoms with Crippen LogP contribution in [0.5, 0.6) is 5.75 Å². The van der Waals surface area contributed by atoms with Crippen molar-refractivity contribution in [3.8, 4) is 5.75 Å². The fraction of sp³-hybridized carbons (Fsp3) is 0.182. The molecule has 2 amide bonds. The van der Waals surface area contributed by atoms with Gasteiger partial charge >= 0.3 is 0 Å². The topological polar surface area (TPSA) is 67.4 Å². The third-order valence-corrected chi connectivity index (χ3v) is 4.77. The van der Waals surface area contributed by atoms with Gasteiger partial charge in [-0.15, -0.1) is 0 Å². The lowest BCUT2D eigenvalue weighted by molar-refractivity contribution is -0.121. The molecule has 3 aromatic rings. The summed E-state index contributed by atoms with van der Waals surface area (Å²) in [6.45, 7) is 1.27. The summed E-state index contributed by atoms with van der Waals surface area (Å²) in [4.78, 5) is 23.7. The highest BCUT2D eigenvalue weighted by Gasteiger charge is 2.07. The number of nitrogens with one attached hydrogen (secondary N) is 2. The number of para-hydroxylation sites is 1. The molecule has 0 saturated carbocycles. The average molecular weight is 394 g/mol. The zero-order chi connectivity index (χ0) is 19.6. The van der Waals surface area contributed by atoms with E-state index in [9.17, 15) is 9.59 Å². The van der Waals surface area contributed by atoms with Crippen LogP contribution in [-0.4, -0.2) is 18.4 Å². The predicted octanol–water partition coefficient (Wildman–Crippen LogP) is 3.76. The minimum atomic E-state index is -0.151. The zero-order valence-electron chi connectivity index (χ0n) is 15.4. The van der Waals surface area contributed by atoms with Crippen molar-refractivity contribution in [2.24, 2.45) is 0 Å². The summed E-state index contributed by atoms with van der Waals surface area (Å²) in [7, 11) is 0.